The van der Waals surface area contributed by atoms with Gasteiger partial charge in [0.25, 0.3) is 0 Å². The summed E-state index contributed by atoms with van der Waals surface area (Å²) in [5, 5.41) is 20.4. The van der Waals surface area contributed by atoms with E-state index in [0.717, 1.165) is 19.3 Å². The molecule has 0 rings (SSSR count). The number of hydrogen-bond acceptors (Lipinski definition) is 2. The fraction of sp³-hybridized carbons (Fsp3) is 1.00. The highest BCUT2D eigenvalue weighted by Gasteiger charge is 2.29. The standard InChI is InChI=1S/C17H36O2/c1-5-8-10-12-15(14(4)18)16(17(19)7-3)13-11-9-6-2/h14-19H,5-13H2,1-4H3. The van der Waals surface area contributed by atoms with Gasteiger partial charge in [-0.05, 0) is 38.0 Å². The van der Waals surface area contributed by atoms with Crippen LogP contribution in [-0.4, -0.2) is 22.4 Å². The number of unbranched alkanes of at least 4 members (excludes halogenated alkanes) is 4. The van der Waals surface area contributed by atoms with Gasteiger partial charge in [-0.1, -0.05) is 59.3 Å². The lowest BCUT2D eigenvalue weighted by Crippen LogP contribution is -2.34. The van der Waals surface area contributed by atoms with E-state index in [1.54, 1.807) is 0 Å². The Morgan fingerprint density at radius 2 is 1.21 bits per heavy atom. The van der Waals surface area contributed by atoms with Crippen LogP contribution in [0.4, 0.5) is 0 Å². The lowest BCUT2D eigenvalue weighted by Gasteiger charge is -2.33. The highest BCUT2D eigenvalue weighted by molar-refractivity contribution is 4.79. The molecule has 0 heterocycles. The van der Waals surface area contributed by atoms with Crippen molar-refractivity contribution in [1.82, 2.24) is 0 Å². The first-order valence-corrected chi connectivity index (χ1v) is 8.44. The predicted octanol–water partition coefficient (Wildman–Crippen LogP) is 4.53. The van der Waals surface area contributed by atoms with E-state index >= 15 is 0 Å². The van der Waals surface area contributed by atoms with Crippen molar-refractivity contribution in [1.29, 1.82) is 0 Å². The Kier molecular flexibility index (Phi) is 11.7. The molecule has 0 bridgehead atoms. The van der Waals surface area contributed by atoms with Crippen LogP contribution < -0.4 is 0 Å². The summed E-state index contributed by atoms with van der Waals surface area (Å²) in [7, 11) is 0. The largest absolute Gasteiger partial charge is 0.393 e. The van der Waals surface area contributed by atoms with E-state index in [-0.39, 0.29) is 24.0 Å². The molecule has 0 spiro atoms. The van der Waals surface area contributed by atoms with Gasteiger partial charge in [0.05, 0.1) is 12.2 Å². The van der Waals surface area contributed by atoms with Gasteiger partial charge in [-0.25, -0.2) is 0 Å². The fourth-order valence-corrected chi connectivity index (χ4v) is 3.07. The summed E-state index contributed by atoms with van der Waals surface area (Å²) < 4.78 is 0. The van der Waals surface area contributed by atoms with Crippen molar-refractivity contribution >= 4 is 0 Å². The van der Waals surface area contributed by atoms with Gasteiger partial charge in [0, 0.05) is 0 Å². The monoisotopic (exact) mass is 272 g/mol. The van der Waals surface area contributed by atoms with Crippen LogP contribution in [0.25, 0.3) is 0 Å². The Balaban J connectivity index is 4.52. The molecule has 0 amide bonds. The minimum atomic E-state index is -0.301. The van der Waals surface area contributed by atoms with Crippen LogP contribution in [0, 0.1) is 11.8 Å². The van der Waals surface area contributed by atoms with Crippen LogP contribution in [0.3, 0.4) is 0 Å². The second-order valence-electron chi connectivity index (χ2n) is 6.04. The second kappa shape index (κ2) is 11.7. The minimum Gasteiger partial charge on any atom is -0.393 e. The molecule has 0 saturated carbocycles. The zero-order valence-electron chi connectivity index (χ0n) is 13.6. The van der Waals surface area contributed by atoms with Crippen LogP contribution >= 0.6 is 0 Å². The molecule has 2 heteroatoms. The maximum absolute atomic E-state index is 10.3. The van der Waals surface area contributed by atoms with Gasteiger partial charge in [-0.15, -0.1) is 0 Å². The van der Waals surface area contributed by atoms with Gasteiger partial charge in [0.2, 0.25) is 0 Å². The van der Waals surface area contributed by atoms with Crippen LogP contribution in [0.5, 0.6) is 0 Å². The third-order valence-corrected chi connectivity index (χ3v) is 4.36. The van der Waals surface area contributed by atoms with Gasteiger partial charge in [-0.3, -0.25) is 0 Å². The first-order valence-electron chi connectivity index (χ1n) is 8.44. The maximum atomic E-state index is 10.3. The molecule has 0 aromatic rings. The molecule has 0 saturated heterocycles. The average Bonchev–Trinajstić information content (AvgIpc) is 2.40. The molecule has 116 valence electrons. The van der Waals surface area contributed by atoms with Crippen LogP contribution in [-0.2, 0) is 0 Å². The Bertz CT molecular complexity index is 192. The normalized spacial score (nSPS) is 18.0. The van der Waals surface area contributed by atoms with Gasteiger partial charge < -0.3 is 10.2 Å². The smallest absolute Gasteiger partial charge is 0.0569 e. The predicted molar refractivity (Wildman–Crippen MR) is 83.2 cm³/mol. The van der Waals surface area contributed by atoms with Gasteiger partial charge >= 0.3 is 0 Å². The maximum Gasteiger partial charge on any atom is 0.0569 e. The number of aliphatic hydroxyl groups is 2. The Labute approximate surface area is 120 Å². The Morgan fingerprint density at radius 1 is 0.737 bits per heavy atom. The zero-order chi connectivity index (χ0) is 14.7. The van der Waals surface area contributed by atoms with Crippen molar-refractivity contribution in [2.24, 2.45) is 11.8 Å². The zero-order valence-corrected chi connectivity index (χ0v) is 13.6. The molecule has 0 aliphatic carbocycles. The SMILES string of the molecule is CCCCCC(C(C)O)C(CCCCC)C(O)CC. The molecule has 4 atom stereocenters. The summed E-state index contributed by atoms with van der Waals surface area (Å²) >= 11 is 0. The molecule has 0 aromatic carbocycles. The average molecular weight is 272 g/mol. The number of hydrogen-bond donors (Lipinski definition) is 2. The van der Waals surface area contributed by atoms with Crippen LogP contribution in [0.15, 0.2) is 0 Å². The van der Waals surface area contributed by atoms with Crippen molar-refractivity contribution < 1.29 is 10.2 Å². The van der Waals surface area contributed by atoms with Crippen molar-refractivity contribution in [2.75, 3.05) is 0 Å². The molecule has 4 unspecified atom stereocenters. The topological polar surface area (TPSA) is 40.5 Å². The van der Waals surface area contributed by atoms with Crippen molar-refractivity contribution in [3.63, 3.8) is 0 Å². The second-order valence-corrected chi connectivity index (χ2v) is 6.04. The van der Waals surface area contributed by atoms with E-state index in [4.69, 9.17) is 0 Å². The highest BCUT2D eigenvalue weighted by atomic mass is 16.3. The van der Waals surface area contributed by atoms with Crippen molar-refractivity contribution in [3.05, 3.63) is 0 Å². The van der Waals surface area contributed by atoms with E-state index < -0.39 is 0 Å². The van der Waals surface area contributed by atoms with Gasteiger partial charge in [-0.2, -0.15) is 0 Å². The molecular weight excluding hydrogens is 236 g/mol. The first-order chi connectivity index (χ1) is 9.08. The summed E-state index contributed by atoms with van der Waals surface area (Å²) in [5.74, 6) is 0.534. The number of aliphatic hydroxyl groups excluding tert-OH is 2. The van der Waals surface area contributed by atoms with E-state index in [1.807, 2.05) is 13.8 Å². The highest BCUT2D eigenvalue weighted by Crippen LogP contribution is 2.31. The molecule has 2 nitrogen and oxygen atoms in total. The quantitative estimate of drug-likeness (QED) is 0.512. The van der Waals surface area contributed by atoms with E-state index in [2.05, 4.69) is 13.8 Å². The van der Waals surface area contributed by atoms with Crippen LogP contribution in [0.1, 0.15) is 85.5 Å². The molecular formula is C17H36O2. The number of rotatable bonds is 12. The van der Waals surface area contributed by atoms with Gasteiger partial charge in [0.15, 0.2) is 0 Å². The molecule has 0 fully saturated rings. The summed E-state index contributed by atoms with van der Waals surface area (Å²) in [6.45, 7) is 8.35. The molecule has 0 aromatic heterocycles. The minimum absolute atomic E-state index is 0.252. The van der Waals surface area contributed by atoms with Crippen molar-refractivity contribution in [3.8, 4) is 0 Å². The Morgan fingerprint density at radius 3 is 1.58 bits per heavy atom. The molecule has 19 heavy (non-hydrogen) atoms. The third kappa shape index (κ3) is 7.94. The summed E-state index contributed by atoms with van der Waals surface area (Å²) in [6.07, 6.45) is 9.59. The first kappa shape index (κ1) is 18.9. The fourth-order valence-electron chi connectivity index (χ4n) is 3.07. The third-order valence-electron chi connectivity index (χ3n) is 4.36. The molecule has 0 aliphatic rings. The summed E-state index contributed by atoms with van der Waals surface area (Å²) in [5.41, 5.74) is 0. The van der Waals surface area contributed by atoms with E-state index in [1.165, 1.54) is 38.5 Å². The lowest BCUT2D eigenvalue weighted by atomic mass is 9.77. The molecule has 2 N–H and O–H groups in total. The van der Waals surface area contributed by atoms with Gasteiger partial charge in [0.1, 0.15) is 0 Å². The van der Waals surface area contributed by atoms with Crippen molar-refractivity contribution in [2.45, 2.75) is 97.7 Å². The van der Waals surface area contributed by atoms with Crippen LogP contribution in [0.2, 0.25) is 0 Å². The van der Waals surface area contributed by atoms with E-state index in [0.29, 0.717) is 0 Å². The lowest BCUT2D eigenvalue weighted by molar-refractivity contribution is 0.00271. The molecule has 0 radical (unpaired) electrons. The summed E-state index contributed by atoms with van der Waals surface area (Å²) in [4.78, 5) is 0. The Hall–Kier alpha value is -0.0800. The van der Waals surface area contributed by atoms with E-state index in [9.17, 15) is 10.2 Å². The summed E-state index contributed by atoms with van der Waals surface area (Å²) in [6, 6.07) is 0. The molecule has 0 aliphatic heterocycles.